The highest BCUT2D eigenvalue weighted by Gasteiger charge is 2.00. The van der Waals surface area contributed by atoms with E-state index in [4.69, 9.17) is 0 Å². The van der Waals surface area contributed by atoms with Crippen LogP contribution in [-0.4, -0.2) is 9.97 Å². The largest absolute Gasteiger partial charge is 0.380 e. The van der Waals surface area contributed by atoms with E-state index in [1.807, 2.05) is 23.3 Å². The molecule has 5 heteroatoms. The highest BCUT2D eigenvalue weighted by Crippen LogP contribution is 2.23. The van der Waals surface area contributed by atoms with Gasteiger partial charge < -0.3 is 5.32 Å². The smallest absolute Gasteiger partial charge is 0.123 e. The van der Waals surface area contributed by atoms with Gasteiger partial charge in [0.2, 0.25) is 0 Å². The Bertz CT molecular complexity index is 586. The van der Waals surface area contributed by atoms with Crippen molar-refractivity contribution >= 4 is 28.4 Å². The maximum Gasteiger partial charge on any atom is 0.123 e. The summed E-state index contributed by atoms with van der Waals surface area (Å²) in [5.74, 6) is 0. The van der Waals surface area contributed by atoms with E-state index in [-0.39, 0.29) is 0 Å². The van der Waals surface area contributed by atoms with E-state index in [9.17, 15) is 0 Å². The summed E-state index contributed by atoms with van der Waals surface area (Å²) < 4.78 is 0. The number of nitrogens with one attached hydrogen (secondary N) is 1. The van der Waals surface area contributed by atoms with Gasteiger partial charge in [-0.2, -0.15) is 0 Å². The molecule has 0 fully saturated rings. The van der Waals surface area contributed by atoms with Crippen LogP contribution in [0.2, 0.25) is 0 Å². The molecule has 0 atom stereocenters. The van der Waals surface area contributed by atoms with E-state index in [1.165, 1.54) is 4.88 Å². The van der Waals surface area contributed by atoms with Crippen LogP contribution in [0.1, 0.15) is 4.88 Å². The number of benzene rings is 1. The quantitative estimate of drug-likeness (QED) is 0.784. The zero-order chi connectivity index (χ0) is 12.2. The van der Waals surface area contributed by atoms with Crippen LogP contribution < -0.4 is 5.32 Å². The van der Waals surface area contributed by atoms with Crippen LogP contribution in [0.25, 0.3) is 10.6 Å². The number of nitrogens with zero attached hydrogens (tertiary/aromatic N) is 2. The van der Waals surface area contributed by atoms with E-state index in [0.29, 0.717) is 0 Å². The van der Waals surface area contributed by atoms with Crippen molar-refractivity contribution in [2.75, 3.05) is 5.32 Å². The van der Waals surface area contributed by atoms with E-state index in [0.717, 1.165) is 22.8 Å². The molecular weight excluding hydrogens is 262 g/mol. The molecule has 0 radical (unpaired) electrons. The summed E-state index contributed by atoms with van der Waals surface area (Å²) in [4.78, 5) is 9.58. The molecule has 1 aromatic carbocycles. The van der Waals surface area contributed by atoms with Crippen LogP contribution in [0.3, 0.4) is 0 Å². The fourth-order valence-electron chi connectivity index (χ4n) is 1.62. The third-order valence-electron chi connectivity index (χ3n) is 2.51. The Labute approximate surface area is 113 Å². The maximum atomic E-state index is 4.29. The first-order valence-electron chi connectivity index (χ1n) is 5.53. The van der Waals surface area contributed by atoms with Gasteiger partial charge in [0, 0.05) is 33.9 Å². The predicted octanol–water partition coefficient (Wildman–Crippen LogP) is 3.88. The van der Waals surface area contributed by atoms with Gasteiger partial charge in [-0.3, -0.25) is 4.98 Å². The van der Waals surface area contributed by atoms with Gasteiger partial charge in [-0.15, -0.1) is 22.7 Å². The molecule has 0 aliphatic carbocycles. The maximum absolute atomic E-state index is 4.29. The predicted molar refractivity (Wildman–Crippen MR) is 77.0 cm³/mol. The first kappa shape index (κ1) is 11.4. The van der Waals surface area contributed by atoms with Gasteiger partial charge in [-0.05, 0) is 24.3 Å². The SMILES string of the molecule is c1csc(-c2ccc(NCc3cncs3)cc2)n1. The van der Waals surface area contributed by atoms with Gasteiger partial charge in [-0.1, -0.05) is 0 Å². The van der Waals surface area contributed by atoms with Crippen LogP contribution >= 0.6 is 22.7 Å². The molecule has 3 aromatic rings. The summed E-state index contributed by atoms with van der Waals surface area (Å²) in [5, 5.41) is 6.42. The molecule has 0 aliphatic heterocycles. The molecule has 3 nitrogen and oxygen atoms in total. The first-order chi connectivity index (χ1) is 8.92. The van der Waals surface area contributed by atoms with Gasteiger partial charge in [0.1, 0.15) is 5.01 Å². The Morgan fingerprint density at radius 3 is 2.67 bits per heavy atom. The van der Waals surface area contributed by atoms with Crippen LogP contribution in [-0.2, 0) is 6.54 Å². The molecular formula is C13H11N3S2. The Balaban J connectivity index is 1.68. The average Bonchev–Trinajstić information content (AvgIpc) is 3.10. The third kappa shape index (κ3) is 2.57. The van der Waals surface area contributed by atoms with Crippen molar-refractivity contribution in [2.24, 2.45) is 0 Å². The second-order valence-corrected chi connectivity index (χ2v) is 5.60. The van der Waals surface area contributed by atoms with Gasteiger partial charge in [0.15, 0.2) is 0 Å². The second-order valence-electron chi connectivity index (χ2n) is 3.74. The molecule has 0 aliphatic rings. The Morgan fingerprint density at radius 1 is 1.11 bits per heavy atom. The number of aromatic nitrogens is 2. The number of rotatable bonds is 4. The first-order valence-corrected chi connectivity index (χ1v) is 7.29. The standard InChI is InChI=1S/C13H11N3S2/c1-3-11(16-8-12-7-14-9-18-12)4-2-10(1)13-15-5-6-17-13/h1-7,9,16H,8H2. The topological polar surface area (TPSA) is 37.8 Å². The lowest BCUT2D eigenvalue weighted by molar-refractivity contribution is 1.17. The summed E-state index contributed by atoms with van der Waals surface area (Å²) in [5.41, 5.74) is 4.12. The molecule has 2 aromatic heterocycles. The molecule has 0 bridgehead atoms. The van der Waals surface area contributed by atoms with Crippen molar-refractivity contribution in [1.29, 1.82) is 0 Å². The van der Waals surface area contributed by atoms with E-state index in [2.05, 4.69) is 39.6 Å². The van der Waals surface area contributed by atoms with E-state index >= 15 is 0 Å². The molecule has 18 heavy (non-hydrogen) atoms. The number of anilines is 1. The lowest BCUT2D eigenvalue weighted by atomic mass is 10.2. The van der Waals surface area contributed by atoms with Gasteiger partial charge >= 0.3 is 0 Å². The van der Waals surface area contributed by atoms with E-state index in [1.54, 1.807) is 22.7 Å². The molecule has 0 saturated carbocycles. The summed E-state index contributed by atoms with van der Waals surface area (Å²) in [6.45, 7) is 0.821. The minimum absolute atomic E-state index is 0.821. The minimum Gasteiger partial charge on any atom is -0.380 e. The average molecular weight is 273 g/mol. The van der Waals surface area contributed by atoms with Crippen molar-refractivity contribution in [2.45, 2.75) is 6.54 Å². The molecule has 1 N–H and O–H groups in total. The summed E-state index contributed by atoms with van der Waals surface area (Å²) in [6, 6.07) is 8.34. The van der Waals surface area contributed by atoms with Gasteiger partial charge in [0.25, 0.3) is 0 Å². The fraction of sp³-hybridized carbons (Fsp3) is 0.0769. The minimum atomic E-state index is 0.821. The summed E-state index contributed by atoms with van der Waals surface area (Å²) in [7, 11) is 0. The zero-order valence-corrected chi connectivity index (χ0v) is 11.2. The molecule has 90 valence electrons. The number of hydrogen-bond donors (Lipinski definition) is 1. The van der Waals surface area contributed by atoms with Crippen molar-refractivity contribution in [3.05, 3.63) is 52.4 Å². The van der Waals surface area contributed by atoms with Crippen molar-refractivity contribution < 1.29 is 0 Å². The highest BCUT2D eigenvalue weighted by atomic mass is 32.1. The van der Waals surface area contributed by atoms with Crippen LogP contribution in [0, 0.1) is 0 Å². The summed E-state index contributed by atoms with van der Waals surface area (Å²) >= 11 is 3.32. The molecule has 0 spiro atoms. The normalized spacial score (nSPS) is 10.4. The number of thiazole rings is 2. The Morgan fingerprint density at radius 2 is 2.00 bits per heavy atom. The summed E-state index contributed by atoms with van der Waals surface area (Å²) in [6.07, 6.45) is 3.72. The molecule has 3 rings (SSSR count). The zero-order valence-electron chi connectivity index (χ0n) is 9.54. The second kappa shape index (κ2) is 5.29. The molecule has 0 unspecified atom stereocenters. The Hall–Kier alpha value is -1.72. The Kier molecular flexibility index (Phi) is 3.34. The van der Waals surface area contributed by atoms with Crippen molar-refractivity contribution in [3.8, 4) is 10.6 Å². The van der Waals surface area contributed by atoms with Crippen LogP contribution in [0.15, 0.2) is 47.5 Å². The van der Waals surface area contributed by atoms with E-state index < -0.39 is 0 Å². The number of hydrogen-bond acceptors (Lipinski definition) is 5. The fourth-order valence-corrected chi connectivity index (χ4v) is 2.79. The highest BCUT2D eigenvalue weighted by molar-refractivity contribution is 7.13. The van der Waals surface area contributed by atoms with Gasteiger partial charge in [-0.25, -0.2) is 4.98 Å². The molecule has 2 heterocycles. The van der Waals surface area contributed by atoms with Crippen molar-refractivity contribution in [1.82, 2.24) is 9.97 Å². The lowest BCUT2D eigenvalue weighted by Gasteiger charge is -2.05. The van der Waals surface area contributed by atoms with Gasteiger partial charge in [0.05, 0.1) is 12.1 Å². The van der Waals surface area contributed by atoms with Crippen molar-refractivity contribution in [3.63, 3.8) is 0 Å². The van der Waals surface area contributed by atoms with Crippen LogP contribution in [0.4, 0.5) is 5.69 Å². The third-order valence-corrected chi connectivity index (χ3v) is 4.12. The molecule has 0 amide bonds. The lowest BCUT2D eigenvalue weighted by Crippen LogP contribution is -1.96. The van der Waals surface area contributed by atoms with Crippen LogP contribution in [0.5, 0.6) is 0 Å². The molecule has 0 saturated heterocycles. The monoisotopic (exact) mass is 273 g/mol.